The third-order valence-electron chi connectivity index (χ3n) is 5.24. The number of imide groups is 1. The van der Waals surface area contributed by atoms with Crippen molar-refractivity contribution >= 4 is 17.6 Å². The molecule has 9 nitrogen and oxygen atoms in total. The average Bonchev–Trinajstić information content (AvgIpc) is 3.04. The maximum absolute atomic E-state index is 11.9. The Kier molecular flexibility index (Phi) is 18.0. The van der Waals surface area contributed by atoms with E-state index in [9.17, 15) is 14.4 Å². The standard InChI is InChI=1S/C24H43NO8/c1-3-29-12-13-31-16-17-33-19-18-32-15-14-30-11-7-9-22(26)8-5-4-6-10-25-23(27)20-21(2)24(25)28/h21H,3-20H2,1-2H3. The third-order valence-corrected chi connectivity index (χ3v) is 5.24. The largest absolute Gasteiger partial charge is 0.379 e. The van der Waals surface area contributed by atoms with E-state index in [-0.39, 0.29) is 23.5 Å². The van der Waals surface area contributed by atoms with Gasteiger partial charge in [-0.05, 0) is 26.2 Å². The number of carbonyl (C=O) groups is 3. The molecule has 0 aromatic carbocycles. The summed E-state index contributed by atoms with van der Waals surface area (Å²) in [6, 6.07) is 0. The van der Waals surface area contributed by atoms with Gasteiger partial charge >= 0.3 is 0 Å². The molecule has 2 amide bonds. The van der Waals surface area contributed by atoms with E-state index in [0.29, 0.717) is 98.3 Å². The molecule has 1 aliphatic rings. The van der Waals surface area contributed by atoms with Crippen LogP contribution in [0.5, 0.6) is 0 Å². The van der Waals surface area contributed by atoms with Gasteiger partial charge in [-0.15, -0.1) is 0 Å². The van der Waals surface area contributed by atoms with Crippen molar-refractivity contribution in [3.8, 4) is 0 Å². The first-order valence-electron chi connectivity index (χ1n) is 12.3. The topological polar surface area (TPSA) is 101 Å². The summed E-state index contributed by atoms with van der Waals surface area (Å²) in [5.41, 5.74) is 0. The Bertz CT molecular complexity index is 543. The number of likely N-dealkylation sites (tertiary alicyclic amines) is 1. The van der Waals surface area contributed by atoms with E-state index in [1.807, 2.05) is 6.92 Å². The van der Waals surface area contributed by atoms with Crippen molar-refractivity contribution in [3.63, 3.8) is 0 Å². The lowest BCUT2D eigenvalue weighted by atomic mass is 10.1. The van der Waals surface area contributed by atoms with Gasteiger partial charge in [-0.25, -0.2) is 0 Å². The number of ketones is 1. The van der Waals surface area contributed by atoms with Gasteiger partial charge in [0.25, 0.3) is 0 Å². The number of Topliss-reactive ketones (excluding diaryl/α,β-unsaturated/α-hetero) is 1. The maximum Gasteiger partial charge on any atom is 0.232 e. The van der Waals surface area contributed by atoms with E-state index in [0.717, 1.165) is 19.3 Å². The normalized spacial score (nSPS) is 16.2. The van der Waals surface area contributed by atoms with Crippen molar-refractivity contribution in [1.82, 2.24) is 4.90 Å². The van der Waals surface area contributed by atoms with Gasteiger partial charge in [-0.1, -0.05) is 13.3 Å². The van der Waals surface area contributed by atoms with Gasteiger partial charge in [0, 0.05) is 44.9 Å². The zero-order chi connectivity index (χ0) is 24.2. The Morgan fingerprint density at radius 1 is 0.758 bits per heavy atom. The van der Waals surface area contributed by atoms with Crippen LogP contribution in [0.15, 0.2) is 0 Å². The van der Waals surface area contributed by atoms with Gasteiger partial charge in [0.15, 0.2) is 0 Å². The predicted molar refractivity (Wildman–Crippen MR) is 123 cm³/mol. The fraction of sp³-hybridized carbons (Fsp3) is 0.875. The minimum atomic E-state index is -0.186. The lowest BCUT2D eigenvalue weighted by Gasteiger charge is -2.13. The van der Waals surface area contributed by atoms with Crippen LogP contribution in [0.1, 0.15) is 58.8 Å². The van der Waals surface area contributed by atoms with E-state index in [1.165, 1.54) is 4.90 Å². The zero-order valence-electron chi connectivity index (χ0n) is 20.5. The minimum absolute atomic E-state index is 0.0651. The predicted octanol–water partition coefficient (Wildman–Crippen LogP) is 2.39. The minimum Gasteiger partial charge on any atom is -0.379 e. The Hall–Kier alpha value is -1.39. The number of hydrogen-bond donors (Lipinski definition) is 0. The van der Waals surface area contributed by atoms with Gasteiger partial charge in [0.2, 0.25) is 11.8 Å². The molecule has 0 radical (unpaired) electrons. The number of rotatable bonds is 23. The second kappa shape index (κ2) is 20.0. The fourth-order valence-corrected chi connectivity index (χ4v) is 3.37. The highest BCUT2D eigenvalue weighted by Crippen LogP contribution is 2.19. The number of carbonyl (C=O) groups excluding carboxylic acids is 3. The van der Waals surface area contributed by atoms with E-state index in [4.69, 9.17) is 23.7 Å². The third kappa shape index (κ3) is 15.2. The van der Waals surface area contributed by atoms with Crippen molar-refractivity contribution in [2.24, 2.45) is 5.92 Å². The van der Waals surface area contributed by atoms with E-state index in [2.05, 4.69) is 0 Å². The van der Waals surface area contributed by atoms with Crippen LogP contribution in [0.25, 0.3) is 0 Å². The molecule has 0 aromatic heterocycles. The van der Waals surface area contributed by atoms with Gasteiger partial charge in [-0.2, -0.15) is 0 Å². The highest BCUT2D eigenvalue weighted by atomic mass is 16.6. The number of unbranched alkanes of at least 4 members (excludes halogenated alkanes) is 2. The van der Waals surface area contributed by atoms with E-state index in [1.54, 1.807) is 6.92 Å². The Morgan fingerprint density at radius 2 is 1.27 bits per heavy atom. The van der Waals surface area contributed by atoms with Crippen LogP contribution < -0.4 is 0 Å². The molecule has 0 aromatic rings. The molecule has 1 unspecified atom stereocenters. The summed E-state index contributed by atoms with van der Waals surface area (Å²) in [4.78, 5) is 36.8. The monoisotopic (exact) mass is 473 g/mol. The molecular formula is C24H43NO8. The van der Waals surface area contributed by atoms with Crippen molar-refractivity contribution in [3.05, 3.63) is 0 Å². The smallest absolute Gasteiger partial charge is 0.232 e. The summed E-state index contributed by atoms with van der Waals surface area (Å²) in [6.45, 7) is 9.79. The molecule has 0 spiro atoms. The van der Waals surface area contributed by atoms with Crippen LogP contribution in [0.4, 0.5) is 0 Å². The van der Waals surface area contributed by atoms with Crippen molar-refractivity contribution in [2.45, 2.75) is 58.8 Å². The summed E-state index contributed by atoms with van der Waals surface area (Å²) in [7, 11) is 0. The van der Waals surface area contributed by atoms with Crippen molar-refractivity contribution in [2.75, 3.05) is 72.6 Å². The molecule has 1 aliphatic heterocycles. The molecule has 0 bridgehead atoms. The molecular weight excluding hydrogens is 430 g/mol. The molecule has 1 atom stereocenters. The Balaban J connectivity index is 1.78. The fourth-order valence-electron chi connectivity index (χ4n) is 3.37. The van der Waals surface area contributed by atoms with Gasteiger partial charge in [0.05, 0.1) is 52.9 Å². The lowest BCUT2D eigenvalue weighted by Crippen LogP contribution is -2.31. The van der Waals surface area contributed by atoms with E-state index >= 15 is 0 Å². The van der Waals surface area contributed by atoms with Gasteiger partial charge < -0.3 is 23.7 Å². The quantitative estimate of drug-likeness (QED) is 0.165. The van der Waals surface area contributed by atoms with Gasteiger partial charge in [-0.3, -0.25) is 19.3 Å². The second-order valence-corrected chi connectivity index (χ2v) is 8.09. The van der Waals surface area contributed by atoms with Crippen LogP contribution >= 0.6 is 0 Å². The highest BCUT2D eigenvalue weighted by molar-refractivity contribution is 6.03. The maximum atomic E-state index is 11.9. The molecule has 1 saturated heterocycles. The average molecular weight is 474 g/mol. The Morgan fingerprint density at radius 3 is 1.79 bits per heavy atom. The SMILES string of the molecule is CCOCCOCCOCCOCCOCCCC(=O)CCCCCN1C(=O)CC(C)C1=O. The molecule has 0 aliphatic carbocycles. The molecule has 1 rings (SSSR count). The van der Waals surface area contributed by atoms with Crippen LogP contribution in [0.3, 0.4) is 0 Å². The number of nitrogens with zero attached hydrogens (tertiary/aromatic N) is 1. The number of hydrogen-bond acceptors (Lipinski definition) is 8. The number of amides is 2. The molecule has 1 heterocycles. The molecule has 1 fully saturated rings. The summed E-state index contributed by atoms with van der Waals surface area (Å²) in [6.07, 6.45) is 4.48. The summed E-state index contributed by atoms with van der Waals surface area (Å²) in [5.74, 6) is -0.0914. The van der Waals surface area contributed by atoms with Gasteiger partial charge in [0.1, 0.15) is 5.78 Å². The summed E-state index contributed by atoms with van der Waals surface area (Å²) < 4.78 is 26.8. The molecule has 9 heteroatoms. The second-order valence-electron chi connectivity index (χ2n) is 8.09. The van der Waals surface area contributed by atoms with Crippen molar-refractivity contribution in [1.29, 1.82) is 0 Å². The molecule has 192 valence electrons. The zero-order valence-corrected chi connectivity index (χ0v) is 20.5. The van der Waals surface area contributed by atoms with Crippen LogP contribution in [-0.4, -0.2) is 95.1 Å². The highest BCUT2D eigenvalue weighted by Gasteiger charge is 2.34. The summed E-state index contributed by atoms with van der Waals surface area (Å²) >= 11 is 0. The first-order valence-corrected chi connectivity index (χ1v) is 12.3. The first-order chi connectivity index (χ1) is 16.1. The van der Waals surface area contributed by atoms with Crippen molar-refractivity contribution < 1.29 is 38.1 Å². The van der Waals surface area contributed by atoms with E-state index < -0.39 is 0 Å². The summed E-state index contributed by atoms with van der Waals surface area (Å²) in [5, 5.41) is 0. The van der Waals surface area contributed by atoms with Crippen LogP contribution in [0.2, 0.25) is 0 Å². The first kappa shape index (κ1) is 29.6. The molecule has 0 saturated carbocycles. The molecule has 0 N–H and O–H groups in total. The van der Waals surface area contributed by atoms with Crippen LogP contribution in [0, 0.1) is 5.92 Å². The van der Waals surface area contributed by atoms with Crippen LogP contribution in [-0.2, 0) is 38.1 Å². The lowest BCUT2D eigenvalue weighted by molar-refractivity contribution is -0.139. The molecule has 33 heavy (non-hydrogen) atoms. The number of ether oxygens (including phenoxy) is 5. The Labute approximate surface area is 198 Å².